The van der Waals surface area contributed by atoms with Crippen molar-refractivity contribution in [3.8, 4) is 0 Å². The minimum Gasteiger partial charge on any atom is -0.463 e. The smallest absolute Gasteiger partial charge is 0.308 e. The summed E-state index contributed by atoms with van der Waals surface area (Å²) in [4.78, 5) is 37.4. The van der Waals surface area contributed by atoms with E-state index in [4.69, 9.17) is 4.74 Å². The normalized spacial score (nSPS) is 21.5. The molecule has 1 N–H and O–H groups in total. The number of nitrogens with one attached hydrogen (secondary N) is 1. The second-order valence-electron chi connectivity index (χ2n) is 8.02. The van der Waals surface area contributed by atoms with E-state index in [-0.39, 0.29) is 48.5 Å². The molecule has 0 radical (unpaired) electrons. The van der Waals surface area contributed by atoms with Crippen LogP contribution >= 0.6 is 0 Å². The second kappa shape index (κ2) is 9.59. The summed E-state index contributed by atoms with van der Waals surface area (Å²) in [7, 11) is -3.20. The monoisotopic (exact) mass is 449 g/mol. The minimum absolute atomic E-state index is 0.00649. The summed E-state index contributed by atoms with van der Waals surface area (Å²) >= 11 is 0. The van der Waals surface area contributed by atoms with Crippen LogP contribution in [0.5, 0.6) is 0 Å². The second-order valence-corrected chi connectivity index (χ2v) is 10.3. The molecule has 1 aromatic rings. The van der Waals surface area contributed by atoms with Crippen LogP contribution in [0.2, 0.25) is 0 Å². The maximum absolute atomic E-state index is 12.9. The summed E-state index contributed by atoms with van der Waals surface area (Å²) in [5.41, 5.74) is 0.879. The SMILES string of the molecule is CC(C)OC(=O)C[C@H](NC(=O)C1=NN([C@H]2CCS(=O)(=O)C2)C(=O)CC1)c1ccccc1. The van der Waals surface area contributed by atoms with E-state index in [1.807, 2.05) is 6.07 Å². The number of benzene rings is 1. The van der Waals surface area contributed by atoms with Gasteiger partial charge in [-0.15, -0.1) is 0 Å². The molecule has 10 heteroatoms. The lowest BCUT2D eigenvalue weighted by atomic mass is 10.0. The molecule has 0 saturated carbocycles. The van der Waals surface area contributed by atoms with Crippen molar-refractivity contribution in [2.45, 2.75) is 57.7 Å². The number of hydrazone groups is 1. The Hall–Kier alpha value is -2.75. The number of rotatable bonds is 7. The third-order valence-corrected chi connectivity index (χ3v) is 6.87. The van der Waals surface area contributed by atoms with Crippen LogP contribution < -0.4 is 5.32 Å². The first-order valence-corrected chi connectivity index (χ1v) is 12.1. The molecule has 2 aliphatic rings. The van der Waals surface area contributed by atoms with Gasteiger partial charge in [-0.25, -0.2) is 13.4 Å². The molecule has 3 rings (SSSR count). The number of hydrogen-bond acceptors (Lipinski definition) is 7. The molecule has 2 aliphatic heterocycles. The first-order valence-electron chi connectivity index (χ1n) is 10.3. The highest BCUT2D eigenvalue weighted by Crippen LogP contribution is 2.23. The van der Waals surface area contributed by atoms with Crippen LogP contribution in [0.3, 0.4) is 0 Å². The predicted molar refractivity (Wildman–Crippen MR) is 114 cm³/mol. The molecule has 31 heavy (non-hydrogen) atoms. The fourth-order valence-electron chi connectivity index (χ4n) is 3.64. The van der Waals surface area contributed by atoms with Gasteiger partial charge >= 0.3 is 5.97 Å². The lowest BCUT2D eigenvalue weighted by molar-refractivity contribution is -0.148. The molecule has 1 fully saturated rings. The standard InChI is InChI=1S/C21H27N3O6S/c1-14(2)30-20(26)12-18(15-6-4-3-5-7-15)22-21(27)17-8-9-19(25)24(23-17)16-10-11-31(28,29)13-16/h3-7,14,16,18H,8-13H2,1-2H3,(H,22,27)/t16-,18-/m0/s1. The molecule has 0 aromatic heterocycles. The highest BCUT2D eigenvalue weighted by atomic mass is 32.2. The van der Waals surface area contributed by atoms with Gasteiger partial charge in [-0.05, 0) is 25.8 Å². The molecule has 9 nitrogen and oxygen atoms in total. The summed E-state index contributed by atoms with van der Waals surface area (Å²) in [6, 6.07) is 7.87. The lowest BCUT2D eigenvalue weighted by Crippen LogP contribution is -2.44. The van der Waals surface area contributed by atoms with E-state index in [0.717, 1.165) is 10.6 Å². The molecule has 0 unspecified atom stereocenters. The number of carbonyl (C=O) groups is 3. The van der Waals surface area contributed by atoms with Crippen LogP contribution in [0, 0.1) is 0 Å². The number of hydrogen-bond donors (Lipinski definition) is 1. The lowest BCUT2D eigenvalue weighted by Gasteiger charge is -2.28. The van der Waals surface area contributed by atoms with Gasteiger partial charge in [-0.3, -0.25) is 14.4 Å². The van der Waals surface area contributed by atoms with Gasteiger partial charge in [0.15, 0.2) is 9.84 Å². The first-order chi connectivity index (χ1) is 14.6. The molecule has 0 bridgehead atoms. The Kier molecular flexibility index (Phi) is 7.09. The molecular formula is C21H27N3O6S. The first kappa shape index (κ1) is 22.9. The molecule has 2 heterocycles. The van der Waals surface area contributed by atoms with Crippen molar-refractivity contribution >= 4 is 33.3 Å². The van der Waals surface area contributed by atoms with Crippen molar-refractivity contribution in [2.24, 2.45) is 5.10 Å². The molecule has 2 atom stereocenters. The van der Waals surface area contributed by atoms with Gasteiger partial charge in [-0.2, -0.15) is 5.10 Å². The largest absolute Gasteiger partial charge is 0.463 e. The van der Waals surface area contributed by atoms with Crippen LogP contribution in [0.4, 0.5) is 0 Å². The predicted octanol–water partition coefficient (Wildman–Crippen LogP) is 1.35. The Morgan fingerprint density at radius 3 is 2.55 bits per heavy atom. The molecule has 168 valence electrons. The summed E-state index contributed by atoms with van der Waals surface area (Å²) < 4.78 is 28.8. The van der Waals surface area contributed by atoms with Crippen LogP contribution in [0.15, 0.2) is 35.4 Å². The number of sulfone groups is 1. The van der Waals surface area contributed by atoms with E-state index in [2.05, 4.69) is 10.4 Å². The fourth-order valence-corrected chi connectivity index (χ4v) is 5.34. The van der Waals surface area contributed by atoms with Crippen molar-refractivity contribution in [2.75, 3.05) is 11.5 Å². The molecule has 0 spiro atoms. The third-order valence-electron chi connectivity index (χ3n) is 5.12. The number of amides is 2. The maximum Gasteiger partial charge on any atom is 0.308 e. The van der Waals surface area contributed by atoms with Crippen molar-refractivity contribution in [3.63, 3.8) is 0 Å². The zero-order valence-electron chi connectivity index (χ0n) is 17.6. The van der Waals surface area contributed by atoms with Crippen molar-refractivity contribution in [1.82, 2.24) is 10.3 Å². The fraction of sp³-hybridized carbons (Fsp3) is 0.524. The summed E-state index contributed by atoms with van der Waals surface area (Å²) in [5.74, 6) is -1.37. The quantitative estimate of drug-likeness (QED) is 0.627. The highest BCUT2D eigenvalue weighted by Gasteiger charge is 2.37. The van der Waals surface area contributed by atoms with Crippen molar-refractivity contribution in [1.29, 1.82) is 0 Å². The molecule has 0 aliphatic carbocycles. The number of nitrogens with zero attached hydrogens (tertiary/aromatic N) is 2. The number of carbonyl (C=O) groups excluding carboxylic acids is 3. The molecule has 1 aromatic carbocycles. The topological polar surface area (TPSA) is 122 Å². The summed E-state index contributed by atoms with van der Waals surface area (Å²) in [6.07, 6.45) is 0.210. The Morgan fingerprint density at radius 2 is 1.94 bits per heavy atom. The van der Waals surface area contributed by atoms with Gasteiger partial charge in [-0.1, -0.05) is 30.3 Å². The average Bonchev–Trinajstić information content (AvgIpc) is 3.07. The van der Waals surface area contributed by atoms with Gasteiger partial charge in [0.25, 0.3) is 5.91 Å². The average molecular weight is 450 g/mol. The Labute approximate surface area is 181 Å². The minimum atomic E-state index is -3.20. The van der Waals surface area contributed by atoms with Crippen molar-refractivity contribution < 1.29 is 27.5 Å². The zero-order valence-corrected chi connectivity index (χ0v) is 18.4. The summed E-state index contributed by atoms with van der Waals surface area (Å²) in [6.45, 7) is 3.50. The van der Waals surface area contributed by atoms with Gasteiger partial charge in [0.05, 0.1) is 36.1 Å². The van der Waals surface area contributed by atoms with Crippen LogP contribution in [-0.2, 0) is 29.0 Å². The van der Waals surface area contributed by atoms with E-state index in [0.29, 0.717) is 6.42 Å². The van der Waals surface area contributed by atoms with Crippen LogP contribution in [0.1, 0.15) is 51.1 Å². The van der Waals surface area contributed by atoms with E-state index < -0.39 is 33.8 Å². The Morgan fingerprint density at radius 1 is 1.23 bits per heavy atom. The van der Waals surface area contributed by atoms with Gasteiger partial charge in [0.2, 0.25) is 5.91 Å². The number of ether oxygens (including phenoxy) is 1. The third kappa shape index (κ3) is 6.13. The van der Waals surface area contributed by atoms with Crippen LogP contribution in [0.25, 0.3) is 0 Å². The van der Waals surface area contributed by atoms with Crippen molar-refractivity contribution in [3.05, 3.63) is 35.9 Å². The van der Waals surface area contributed by atoms with E-state index in [1.165, 1.54) is 0 Å². The number of esters is 1. The van der Waals surface area contributed by atoms with Gasteiger partial charge in [0, 0.05) is 12.8 Å². The molecular weight excluding hydrogens is 422 g/mol. The van der Waals surface area contributed by atoms with Crippen LogP contribution in [-0.4, -0.2) is 60.6 Å². The van der Waals surface area contributed by atoms with E-state index >= 15 is 0 Å². The zero-order chi connectivity index (χ0) is 22.6. The van der Waals surface area contributed by atoms with Gasteiger partial charge < -0.3 is 10.1 Å². The van der Waals surface area contributed by atoms with E-state index in [9.17, 15) is 22.8 Å². The maximum atomic E-state index is 12.9. The summed E-state index contributed by atoms with van der Waals surface area (Å²) in [5, 5.41) is 8.16. The van der Waals surface area contributed by atoms with Gasteiger partial charge in [0.1, 0.15) is 5.71 Å². The molecule has 1 saturated heterocycles. The Balaban J connectivity index is 1.76. The van der Waals surface area contributed by atoms with E-state index in [1.54, 1.807) is 38.1 Å². The Bertz CT molecular complexity index is 974. The molecule has 2 amide bonds. The highest BCUT2D eigenvalue weighted by molar-refractivity contribution is 7.91.